The maximum absolute atomic E-state index is 12.0. The van der Waals surface area contributed by atoms with Crippen LogP contribution in [-0.4, -0.2) is 27.4 Å². The number of benzene rings is 1. The van der Waals surface area contributed by atoms with E-state index in [1.807, 2.05) is 31.2 Å². The number of aryl methyl sites for hydroxylation is 1. The highest BCUT2D eigenvalue weighted by molar-refractivity contribution is 5.78. The first-order valence-corrected chi connectivity index (χ1v) is 7.88. The summed E-state index contributed by atoms with van der Waals surface area (Å²) in [5.41, 5.74) is 3.84. The van der Waals surface area contributed by atoms with Crippen LogP contribution in [0.4, 0.5) is 0 Å². The van der Waals surface area contributed by atoms with Gasteiger partial charge in [-0.05, 0) is 44.7 Å². The maximum atomic E-state index is 12.0. The Morgan fingerprint density at radius 3 is 2.64 bits per heavy atom. The van der Waals surface area contributed by atoms with Crippen LogP contribution in [0.15, 0.2) is 24.3 Å². The Morgan fingerprint density at radius 2 is 2.00 bits per heavy atom. The minimum absolute atomic E-state index is 0.0333. The molecule has 0 aliphatic heterocycles. The number of nitrogens with one attached hydrogen (secondary N) is 1. The van der Waals surface area contributed by atoms with E-state index in [0.717, 1.165) is 23.6 Å². The summed E-state index contributed by atoms with van der Waals surface area (Å²) in [6.07, 6.45) is 4.07. The molecule has 116 valence electrons. The molecular weight excluding hydrogens is 276 g/mol. The first-order chi connectivity index (χ1) is 10.6. The molecule has 5 heteroatoms. The predicted octanol–water partition coefficient (Wildman–Crippen LogP) is 2.34. The van der Waals surface area contributed by atoms with Gasteiger partial charge in [0.05, 0.1) is 23.5 Å². The van der Waals surface area contributed by atoms with Crippen molar-refractivity contribution in [3.8, 4) is 5.69 Å². The van der Waals surface area contributed by atoms with Crippen LogP contribution in [-0.2, 0) is 11.2 Å². The Hall–Kier alpha value is -2.17. The van der Waals surface area contributed by atoms with Gasteiger partial charge < -0.3 is 5.32 Å². The molecule has 1 aromatic heterocycles. The Balaban J connectivity index is 1.64. The van der Waals surface area contributed by atoms with Gasteiger partial charge in [-0.1, -0.05) is 29.3 Å². The van der Waals surface area contributed by atoms with Crippen molar-refractivity contribution in [2.75, 3.05) is 6.54 Å². The SMILES string of the molecule is Cc1ccc(-n2nnc(CC(=O)NCC3CCC3)c2C)cc1. The average molecular weight is 298 g/mol. The van der Waals surface area contributed by atoms with Gasteiger partial charge in [0.25, 0.3) is 0 Å². The van der Waals surface area contributed by atoms with E-state index in [1.165, 1.54) is 24.8 Å². The molecule has 0 spiro atoms. The van der Waals surface area contributed by atoms with Gasteiger partial charge in [0.15, 0.2) is 0 Å². The molecule has 0 unspecified atom stereocenters. The molecule has 0 saturated heterocycles. The highest BCUT2D eigenvalue weighted by Crippen LogP contribution is 2.25. The summed E-state index contributed by atoms with van der Waals surface area (Å²) in [5, 5.41) is 11.3. The van der Waals surface area contributed by atoms with Gasteiger partial charge in [0.1, 0.15) is 0 Å². The van der Waals surface area contributed by atoms with Crippen molar-refractivity contribution < 1.29 is 4.79 Å². The lowest BCUT2D eigenvalue weighted by Crippen LogP contribution is -2.33. The van der Waals surface area contributed by atoms with E-state index in [2.05, 4.69) is 22.6 Å². The van der Waals surface area contributed by atoms with Gasteiger partial charge in [-0.15, -0.1) is 5.10 Å². The molecule has 3 rings (SSSR count). The van der Waals surface area contributed by atoms with Crippen LogP contribution in [0.1, 0.15) is 36.2 Å². The molecule has 1 fully saturated rings. The van der Waals surface area contributed by atoms with Gasteiger partial charge in [-0.3, -0.25) is 4.79 Å². The van der Waals surface area contributed by atoms with Crippen LogP contribution in [0.5, 0.6) is 0 Å². The van der Waals surface area contributed by atoms with Gasteiger partial charge in [0, 0.05) is 6.54 Å². The highest BCUT2D eigenvalue weighted by Gasteiger charge is 2.19. The molecule has 5 nitrogen and oxygen atoms in total. The minimum atomic E-state index is 0.0333. The zero-order valence-electron chi connectivity index (χ0n) is 13.2. The van der Waals surface area contributed by atoms with E-state index in [9.17, 15) is 4.79 Å². The summed E-state index contributed by atoms with van der Waals surface area (Å²) < 4.78 is 1.79. The van der Waals surface area contributed by atoms with Gasteiger partial charge >= 0.3 is 0 Å². The van der Waals surface area contributed by atoms with Crippen LogP contribution in [0.2, 0.25) is 0 Å². The number of carbonyl (C=O) groups is 1. The molecule has 0 radical (unpaired) electrons. The molecule has 1 amide bonds. The van der Waals surface area contributed by atoms with E-state index in [4.69, 9.17) is 0 Å². The van der Waals surface area contributed by atoms with Crippen molar-refractivity contribution >= 4 is 5.91 Å². The van der Waals surface area contributed by atoms with Crippen molar-refractivity contribution in [2.24, 2.45) is 5.92 Å². The third kappa shape index (κ3) is 3.18. The van der Waals surface area contributed by atoms with Crippen LogP contribution in [0.3, 0.4) is 0 Å². The lowest BCUT2D eigenvalue weighted by atomic mass is 9.85. The summed E-state index contributed by atoms with van der Waals surface area (Å²) in [7, 11) is 0. The molecule has 1 heterocycles. The smallest absolute Gasteiger partial charge is 0.226 e. The summed E-state index contributed by atoms with van der Waals surface area (Å²) in [5.74, 6) is 0.708. The minimum Gasteiger partial charge on any atom is -0.355 e. The Labute approximate surface area is 130 Å². The summed E-state index contributed by atoms with van der Waals surface area (Å²) >= 11 is 0. The first kappa shape index (κ1) is 14.8. The van der Waals surface area contributed by atoms with Gasteiger partial charge in [-0.2, -0.15) is 0 Å². The first-order valence-electron chi connectivity index (χ1n) is 7.88. The molecular formula is C17H22N4O. The monoisotopic (exact) mass is 298 g/mol. The number of aromatic nitrogens is 3. The second kappa shape index (κ2) is 6.30. The third-order valence-corrected chi connectivity index (χ3v) is 4.41. The number of amides is 1. The van der Waals surface area contributed by atoms with Crippen molar-refractivity contribution in [3.63, 3.8) is 0 Å². The van der Waals surface area contributed by atoms with Crippen LogP contribution in [0.25, 0.3) is 5.69 Å². The van der Waals surface area contributed by atoms with Gasteiger partial charge in [-0.25, -0.2) is 4.68 Å². The highest BCUT2D eigenvalue weighted by atomic mass is 16.1. The van der Waals surface area contributed by atoms with Crippen molar-refractivity contribution in [2.45, 2.75) is 39.5 Å². The molecule has 2 aromatic rings. The zero-order valence-corrected chi connectivity index (χ0v) is 13.2. The average Bonchev–Trinajstić information content (AvgIpc) is 2.80. The normalized spacial score (nSPS) is 14.6. The number of hydrogen-bond acceptors (Lipinski definition) is 3. The number of rotatable bonds is 5. The largest absolute Gasteiger partial charge is 0.355 e. The predicted molar refractivity (Wildman–Crippen MR) is 84.9 cm³/mol. The summed E-state index contributed by atoms with van der Waals surface area (Å²) in [6.45, 7) is 4.80. The Kier molecular flexibility index (Phi) is 4.22. The van der Waals surface area contributed by atoms with Crippen molar-refractivity contribution in [1.29, 1.82) is 0 Å². The van der Waals surface area contributed by atoms with E-state index in [-0.39, 0.29) is 5.91 Å². The molecule has 1 aliphatic carbocycles. The Bertz CT molecular complexity index is 656. The second-order valence-electron chi connectivity index (χ2n) is 6.15. The molecule has 0 atom stereocenters. The lowest BCUT2D eigenvalue weighted by Gasteiger charge is -2.25. The summed E-state index contributed by atoms with van der Waals surface area (Å²) in [6, 6.07) is 8.11. The van der Waals surface area contributed by atoms with E-state index in [0.29, 0.717) is 12.3 Å². The van der Waals surface area contributed by atoms with E-state index in [1.54, 1.807) is 4.68 Å². The number of carbonyl (C=O) groups excluding carboxylic acids is 1. The van der Waals surface area contributed by atoms with E-state index >= 15 is 0 Å². The second-order valence-corrected chi connectivity index (χ2v) is 6.15. The number of nitrogens with zero attached hydrogens (tertiary/aromatic N) is 3. The molecule has 1 saturated carbocycles. The fourth-order valence-electron chi connectivity index (χ4n) is 2.62. The lowest BCUT2D eigenvalue weighted by molar-refractivity contribution is -0.120. The van der Waals surface area contributed by atoms with Crippen LogP contribution >= 0.6 is 0 Å². The quantitative estimate of drug-likeness (QED) is 0.921. The fourth-order valence-corrected chi connectivity index (χ4v) is 2.62. The molecule has 1 N–H and O–H groups in total. The number of hydrogen-bond donors (Lipinski definition) is 1. The fraction of sp³-hybridized carbons (Fsp3) is 0.471. The summed E-state index contributed by atoms with van der Waals surface area (Å²) in [4.78, 5) is 12.0. The molecule has 22 heavy (non-hydrogen) atoms. The third-order valence-electron chi connectivity index (χ3n) is 4.41. The standard InChI is InChI=1S/C17H22N4O/c1-12-6-8-15(9-7-12)21-13(2)16(19-20-21)10-17(22)18-11-14-4-3-5-14/h6-9,14H,3-5,10-11H2,1-2H3,(H,18,22). The van der Waals surface area contributed by atoms with Crippen LogP contribution < -0.4 is 5.32 Å². The molecule has 1 aromatic carbocycles. The van der Waals surface area contributed by atoms with Crippen molar-refractivity contribution in [3.05, 3.63) is 41.2 Å². The molecule has 0 bridgehead atoms. The Morgan fingerprint density at radius 1 is 1.27 bits per heavy atom. The maximum Gasteiger partial charge on any atom is 0.226 e. The topological polar surface area (TPSA) is 59.8 Å². The van der Waals surface area contributed by atoms with E-state index < -0.39 is 0 Å². The molecule has 1 aliphatic rings. The zero-order chi connectivity index (χ0) is 15.5. The van der Waals surface area contributed by atoms with Gasteiger partial charge in [0.2, 0.25) is 5.91 Å². The van der Waals surface area contributed by atoms with Crippen molar-refractivity contribution in [1.82, 2.24) is 20.3 Å². The van der Waals surface area contributed by atoms with Crippen LogP contribution in [0, 0.1) is 19.8 Å².